The van der Waals surface area contributed by atoms with Crippen molar-refractivity contribution in [3.8, 4) is 0 Å². The van der Waals surface area contributed by atoms with E-state index in [-0.39, 0.29) is 12.5 Å². The van der Waals surface area contributed by atoms with Crippen LogP contribution in [0.5, 0.6) is 0 Å². The van der Waals surface area contributed by atoms with Crippen molar-refractivity contribution < 1.29 is 19.4 Å². The number of aliphatic carboxylic acids is 1. The maximum atomic E-state index is 12.2. The summed E-state index contributed by atoms with van der Waals surface area (Å²) in [5, 5.41) is 8.61. The number of carboxylic acid groups (broad SMARTS) is 1. The fourth-order valence-electron chi connectivity index (χ4n) is 2.43. The summed E-state index contributed by atoms with van der Waals surface area (Å²) >= 11 is 0. The maximum absolute atomic E-state index is 12.2. The predicted octanol–water partition coefficient (Wildman–Crippen LogP) is 0.825. The van der Waals surface area contributed by atoms with E-state index in [0.717, 1.165) is 5.69 Å². The number of hydrogen-bond donors (Lipinski definition) is 1. The number of nitrogens with zero attached hydrogens (tertiary/aromatic N) is 2. The molecule has 6 nitrogen and oxygen atoms in total. The molecule has 0 bridgehead atoms. The predicted molar refractivity (Wildman–Crippen MR) is 78.3 cm³/mol. The summed E-state index contributed by atoms with van der Waals surface area (Å²) in [4.78, 5) is 26.2. The molecule has 1 N–H and O–H groups in total. The molecule has 2 rings (SSSR count). The molecule has 1 aliphatic heterocycles. The van der Waals surface area contributed by atoms with Crippen LogP contribution in [0, 0.1) is 0 Å². The average Bonchev–Trinajstić information content (AvgIpc) is 2.43. The van der Waals surface area contributed by atoms with Crippen LogP contribution in [-0.2, 0) is 14.3 Å². The summed E-state index contributed by atoms with van der Waals surface area (Å²) < 4.78 is 5.32. The molecule has 0 saturated carbocycles. The molecular weight excluding hydrogens is 272 g/mol. The Balaban J connectivity index is 1.79. The fraction of sp³-hybridized carbons (Fsp3) is 0.467. The topological polar surface area (TPSA) is 70.1 Å². The molecule has 1 aromatic rings. The first-order valence-corrected chi connectivity index (χ1v) is 6.79. The van der Waals surface area contributed by atoms with Crippen LogP contribution >= 0.6 is 0 Å². The van der Waals surface area contributed by atoms with Crippen molar-refractivity contribution in [3.63, 3.8) is 0 Å². The van der Waals surface area contributed by atoms with Gasteiger partial charge in [0.2, 0.25) is 5.91 Å². The molecule has 0 aliphatic carbocycles. The highest BCUT2D eigenvalue weighted by Gasteiger charge is 2.41. The van der Waals surface area contributed by atoms with Crippen LogP contribution in [0.25, 0.3) is 0 Å². The van der Waals surface area contributed by atoms with Crippen LogP contribution in [0.4, 0.5) is 5.69 Å². The van der Waals surface area contributed by atoms with Gasteiger partial charge in [-0.2, -0.15) is 0 Å². The van der Waals surface area contributed by atoms with Crippen molar-refractivity contribution in [2.75, 3.05) is 38.2 Å². The van der Waals surface area contributed by atoms with Crippen LogP contribution in [0.2, 0.25) is 0 Å². The van der Waals surface area contributed by atoms with Crippen molar-refractivity contribution >= 4 is 17.6 Å². The van der Waals surface area contributed by atoms with Gasteiger partial charge in [-0.05, 0) is 19.1 Å². The van der Waals surface area contributed by atoms with E-state index in [0.29, 0.717) is 19.6 Å². The Hall–Kier alpha value is -1.92. The van der Waals surface area contributed by atoms with Crippen molar-refractivity contribution in [1.82, 2.24) is 4.90 Å². The number of likely N-dealkylation sites (N-methyl/N-ethyl adjacent to an activating group) is 1. The molecule has 114 valence electrons. The average molecular weight is 292 g/mol. The van der Waals surface area contributed by atoms with Crippen molar-refractivity contribution in [2.24, 2.45) is 0 Å². The van der Waals surface area contributed by atoms with Gasteiger partial charge in [0.15, 0.2) is 0 Å². The smallest absolute Gasteiger partial charge is 0.329 e. The molecule has 0 radical (unpaired) electrons. The van der Waals surface area contributed by atoms with Crippen LogP contribution in [0.3, 0.4) is 0 Å². The third-order valence-corrected chi connectivity index (χ3v) is 3.54. The maximum Gasteiger partial charge on any atom is 0.329 e. The second-order valence-corrected chi connectivity index (χ2v) is 5.57. The highest BCUT2D eigenvalue weighted by atomic mass is 16.5. The Kier molecular flexibility index (Phi) is 4.59. The number of carboxylic acids is 1. The van der Waals surface area contributed by atoms with Gasteiger partial charge in [0.25, 0.3) is 0 Å². The third kappa shape index (κ3) is 4.03. The number of anilines is 1. The molecule has 0 spiro atoms. The molecule has 1 aromatic carbocycles. The van der Waals surface area contributed by atoms with Gasteiger partial charge in [0.1, 0.15) is 6.61 Å². The molecule has 1 saturated heterocycles. The molecule has 6 heteroatoms. The zero-order valence-corrected chi connectivity index (χ0v) is 12.3. The van der Waals surface area contributed by atoms with Gasteiger partial charge in [-0.1, -0.05) is 18.2 Å². The molecular formula is C15H20N2O4. The lowest BCUT2D eigenvalue weighted by Gasteiger charge is -2.47. The van der Waals surface area contributed by atoms with Crippen molar-refractivity contribution in [3.05, 3.63) is 30.3 Å². The third-order valence-electron chi connectivity index (χ3n) is 3.54. The van der Waals surface area contributed by atoms with Crippen LogP contribution in [0.1, 0.15) is 6.92 Å². The van der Waals surface area contributed by atoms with E-state index in [2.05, 4.69) is 0 Å². The van der Waals surface area contributed by atoms with Gasteiger partial charge in [-0.15, -0.1) is 0 Å². The van der Waals surface area contributed by atoms with E-state index in [1.807, 2.05) is 42.2 Å². The van der Waals surface area contributed by atoms with Gasteiger partial charge in [0, 0.05) is 25.8 Å². The van der Waals surface area contributed by atoms with Crippen LogP contribution in [0.15, 0.2) is 30.3 Å². The standard InChI is InChI=1S/C15H20N2O4/c1-15(21-9-14(19)20)10-17(11-15)8-13(18)16(2)12-6-4-3-5-7-12/h3-7H,8-11H2,1-2H3,(H,19,20). The number of rotatable bonds is 6. The van der Waals surface area contributed by atoms with Crippen molar-refractivity contribution in [2.45, 2.75) is 12.5 Å². The first kappa shape index (κ1) is 15.5. The van der Waals surface area contributed by atoms with E-state index in [1.54, 1.807) is 11.9 Å². The number of para-hydroxylation sites is 1. The molecule has 1 aliphatic rings. The molecule has 1 heterocycles. The largest absolute Gasteiger partial charge is 0.480 e. The highest BCUT2D eigenvalue weighted by Crippen LogP contribution is 2.24. The minimum Gasteiger partial charge on any atom is -0.480 e. The molecule has 0 aromatic heterocycles. The molecule has 0 atom stereocenters. The minimum absolute atomic E-state index is 0.00137. The monoisotopic (exact) mass is 292 g/mol. The van der Waals surface area contributed by atoms with Gasteiger partial charge >= 0.3 is 5.97 Å². The van der Waals surface area contributed by atoms with E-state index in [9.17, 15) is 9.59 Å². The first-order valence-electron chi connectivity index (χ1n) is 6.79. The van der Waals surface area contributed by atoms with E-state index < -0.39 is 11.6 Å². The molecule has 0 unspecified atom stereocenters. The zero-order chi connectivity index (χ0) is 15.5. The SMILES string of the molecule is CN(C(=O)CN1CC(C)(OCC(=O)O)C1)c1ccccc1. The normalized spacial score (nSPS) is 17.0. The number of benzene rings is 1. The lowest BCUT2D eigenvalue weighted by Crippen LogP contribution is -2.63. The second-order valence-electron chi connectivity index (χ2n) is 5.57. The lowest BCUT2D eigenvalue weighted by molar-refractivity contribution is -0.166. The molecule has 1 amide bonds. The summed E-state index contributed by atoms with van der Waals surface area (Å²) in [6, 6.07) is 9.45. The highest BCUT2D eigenvalue weighted by molar-refractivity contribution is 5.94. The summed E-state index contributed by atoms with van der Waals surface area (Å²) in [7, 11) is 1.75. The Morgan fingerprint density at radius 2 is 1.95 bits per heavy atom. The summed E-state index contributed by atoms with van der Waals surface area (Å²) in [6.45, 7) is 2.99. The number of hydrogen-bond acceptors (Lipinski definition) is 4. The number of ether oxygens (including phenoxy) is 1. The van der Waals surface area contributed by atoms with E-state index >= 15 is 0 Å². The Morgan fingerprint density at radius 1 is 1.33 bits per heavy atom. The molecule has 1 fully saturated rings. The first-order chi connectivity index (χ1) is 9.89. The van der Waals surface area contributed by atoms with Gasteiger partial charge < -0.3 is 14.7 Å². The Labute approximate surface area is 123 Å². The zero-order valence-electron chi connectivity index (χ0n) is 12.3. The minimum atomic E-state index is -0.977. The second kappa shape index (κ2) is 6.24. The number of likely N-dealkylation sites (tertiary alicyclic amines) is 1. The lowest BCUT2D eigenvalue weighted by atomic mass is 9.96. The van der Waals surface area contributed by atoms with Gasteiger partial charge in [0.05, 0.1) is 12.1 Å². The van der Waals surface area contributed by atoms with Gasteiger partial charge in [-0.3, -0.25) is 9.69 Å². The summed E-state index contributed by atoms with van der Waals surface area (Å²) in [6.07, 6.45) is 0. The van der Waals surface area contributed by atoms with E-state index in [4.69, 9.17) is 9.84 Å². The molecule has 21 heavy (non-hydrogen) atoms. The Morgan fingerprint density at radius 3 is 2.52 bits per heavy atom. The Bertz CT molecular complexity index is 512. The van der Waals surface area contributed by atoms with Crippen LogP contribution in [-0.4, -0.2) is 60.8 Å². The van der Waals surface area contributed by atoms with Gasteiger partial charge in [-0.25, -0.2) is 4.79 Å². The fourth-order valence-corrected chi connectivity index (χ4v) is 2.43. The van der Waals surface area contributed by atoms with E-state index in [1.165, 1.54) is 0 Å². The number of carbonyl (C=O) groups excluding carboxylic acids is 1. The number of carbonyl (C=O) groups is 2. The quantitative estimate of drug-likeness (QED) is 0.841. The van der Waals surface area contributed by atoms with Crippen molar-refractivity contribution in [1.29, 1.82) is 0 Å². The number of amides is 1. The summed E-state index contributed by atoms with van der Waals surface area (Å²) in [5.41, 5.74) is 0.386. The summed E-state index contributed by atoms with van der Waals surface area (Å²) in [5.74, 6) is -0.976. The van der Waals surface area contributed by atoms with Crippen LogP contribution < -0.4 is 4.90 Å².